The van der Waals surface area contributed by atoms with Crippen molar-refractivity contribution in [2.24, 2.45) is 0 Å². The number of amides is 1. The third kappa shape index (κ3) is 5.31. The summed E-state index contributed by atoms with van der Waals surface area (Å²) in [5.74, 6) is 1.18. The maximum Gasteiger partial charge on any atom is 0.258 e. The summed E-state index contributed by atoms with van der Waals surface area (Å²) in [6, 6.07) is 6.36. The molecule has 0 heterocycles. The Morgan fingerprint density at radius 1 is 1.27 bits per heavy atom. The number of carbonyl (C=O) groups is 1. The molecular weight excluding hydrogens is 342 g/mol. The molecule has 0 aromatic heterocycles. The highest BCUT2D eigenvalue weighted by Gasteiger charge is 2.15. The van der Waals surface area contributed by atoms with E-state index in [1.165, 1.54) is 31.2 Å². The summed E-state index contributed by atoms with van der Waals surface area (Å²) < 4.78 is 6.55. The van der Waals surface area contributed by atoms with Crippen LogP contribution in [0.3, 0.4) is 0 Å². The SMILES string of the molecule is CC(C)c1ccc(OCC(=O)NC2CCCCCC2)c(Br)c1. The second kappa shape index (κ2) is 8.56. The number of benzene rings is 1. The van der Waals surface area contributed by atoms with Gasteiger partial charge in [-0.15, -0.1) is 0 Å². The van der Waals surface area contributed by atoms with Gasteiger partial charge < -0.3 is 10.1 Å². The molecule has 1 fully saturated rings. The lowest BCUT2D eigenvalue weighted by molar-refractivity contribution is -0.123. The van der Waals surface area contributed by atoms with Gasteiger partial charge >= 0.3 is 0 Å². The van der Waals surface area contributed by atoms with Crippen LogP contribution in [0, 0.1) is 0 Å². The van der Waals surface area contributed by atoms with Crippen molar-refractivity contribution in [3.05, 3.63) is 28.2 Å². The maximum atomic E-state index is 12.0. The van der Waals surface area contributed by atoms with E-state index in [0.717, 1.165) is 23.1 Å². The van der Waals surface area contributed by atoms with Crippen molar-refractivity contribution in [3.63, 3.8) is 0 Å². The molecular formula is C18H26BrNO2. The molecule has 3 nitrogen and oxygen atoms in total. The highest BCUT2D eigenvalue weighted by molar-refractivity contribution is 9.10. The van der Waals surface area contributed by atoms with Crippen molar-refractivity contribution in [1.82, 2.24) is 5.32 Å². The number of halogens is 1. The summed E-state index contributed by atoms with van der Waals surface area (Å²) in [4.78, 5) is 12.0. The smallest absolute Gasteiger partial charge is 0.258 e. The molecule has 1 amide bonds. The molecule has 22 heavy (non-hydrogen) atoms. The summed E-state index contributed by atoms with van der Waals surface area (Å²) in [5, 5.41) is 3.10. The Labute approximate surface area is 141 Å². The Bertz CT molecular complexity index is 494. The fraction of sp³-hybridized carbons (Fsp3) is 0.611. The topological polar surface area (TPSA) is 38.3 Å². The van der Waals surface area contributed by atoms with Gasteiger partial charge in [0.2, 0.25) is 0 Å². The van der Waals surface area contributed by atoms with Crippen molar-refractivity contribution >= 4 is 21.8 Å². The standard InChI is InChI=1S/C18H26BrNO2/c1-13(2)14-9-10-17(16(19)11-14)22-12-18(21)20-15-7-5-3-4-6-8-15/h9-11,13,15H,3-8,12H2,1-2H3,(H,20,21). The minimum Gasteiger partial charge on any atom is -0.483 e. The van der Waals surface area contributed by atoms with Crippen molar-refractivity contribution in [1.29, 1.82) is 0 Å². The predicted octanol–water partition coefficient (Wildman–Crippen LogP) is 4.79. The normalized spacial score (nSPS) is 16.4. The predicted molar refractivity (Wildman–Crippen MR) is 93.4 cm³/mol. The van der Waals surface area contributed by atoms with Crippen LogP contribution in [0.25, 0.3) is 0 Å². The molecule has 0 radical (unpaired) electrons. The molecule has 2 rings (SSSR count). The summed E-state index contributed by atoms with van der Waals surface area (Å²) in [5.41, 5.74) is 1.25. The number of hydrogen-bond acceptors (Lipinski definition) is 2. The van der Waals surface area contributed by atoms with E-state index >= 15 is 0 Å². The number of ether oxygens (including phenoxy) is 1. The van der Waals surface area contributed by atoms with E-state index in [4.69, 9.17) is 4.74 Å². The van der Waals surface area contributed by atoms with Crippen LogP contribution >= 0.6 is 15.9 Å². The van der Waals surface area contributed by atoms with Gasteiger partial charge in [0.25, 0.3) is 5.91 Å². The second-order valence-corrected chi connectivity index (χ2v) is 7.24. The van der Waals surface area contributed by atoms with Crippen molar-refractivity contribution in [3.8, 4) is 5.75 Å². The highest BCUT2D eigenvalue weighted by Crippen LogP contribution is 2.28. The second-order valence-electron chi connectivity index (χ2n) is 6.39. The molecule has 1 N–H and O–H groups in total. The molecule has 4 heteroatoms. The van der Waals surface area contributed by atoms with Crippen molar-refractivity contribution in [2.45, 2.75) is 64.3 Å². The van der Waals surface area contributed by atoms with Crippen molar-refractivity contribution < 1.29 is 9.53 Å². The lowest BCUT2D eigenvalue weighted by atomic mass is 10.0. The minimum atomic E-state index is -0.0215. The summed E-state index contributed by atoms with van der Waals surface area (Å²) in [6.07, 6.45) is 7.20. The van der Waals surface area contributed by atoms with Crippen LogP contribution in [0.15, 0.2) is 22.7 Å². The average Bonchev–Trinajstić information content (AvgIpc) is 2.74. The monoisotopic (exact) mass is 367 g/mol. The molecule has 1 aliphatic carbocycles. The van der Waals surface area contributed by atoms with Crippen LogP contribution in [0.4, 0.5) is 0 Å². The Hall–Kier alpha value is -1.03. The van der Waals surface area contributed by atoms with Crippen molar-refractivity contribution in [2.75, 3.05) is 6.61 Å². The fourth-order valence-electron chi connectivity index (χ4n) is 2.83. The van der Waals surface area contributed by atoms with E-state index in [1.54, 1.807) is 0 Å². The Balaban J connectivity index is 1.83. The van der Waals surface area contributed by atoms with E-state index in [1.807, 2.05) is 12.1 Å². The molecule has 0 aliphatic heterocycles. The van der Waals surface area contributed by atoms with Gasteiger partial charge in [-0.2, -0.15) is 0 Å². The van der Waals surface area contributed by atoms with Crippen LogP contribution < -0.4 is 10.1 Å². The Kier molecular flexibility index (Phi) is 6.74. The zero-order valence-corrected chi connectivity index (χ0v) is 15.1. The molecule has 0 spiro atoms. The lowest BCUT2D eigenvalue weighted by Gasteiger charge is -2.17. The molecule has 0 unspecified atom stereocenters. The van der Waals surface area contributed by atoms with Gasteiger partial charge in [-0.05, 0) is 52.4 Å². The van der Waals surface area contributed by atoms with Gasteiger partial charge in [-0.25, -0.2) is 0 Å². The van der Waals surface area contributed by atoms with Crippen LogP contribution in [-0.2, 0) is 4.79 Å². The zero-order chi connectivity index (χ0) is 15.9. The van der Waals surface area contributed by atoms with E-state index < -0.39 is 0 Å². The first-order valence-corrected chi connectivity index (χ1v) is 9.07. The third-order valence-electron chi connectivity index (χ3n) is 4.20. The van der Waals surface area contributed by atoms with Gasteiger partial charge in [0.05, 0.1) is 4.47 Å². The average molecular weight is 368 g/mol. The van der Waals surface area contributed by atoms with Gasteiger partial charge in [0.15, 0.2) is 6.61 Å². The highest BCUT2D eigenvalue weighted by atomic mass is 79.9. The van der Waals surface area contributed by atoms with E-state index in [-0.39, 0.29) is 12.5 Å². The largest absolute Gasteiger partial charge is 0.483 e. The van der Waals surface area contributed by atoms with E-state index in [2.05, 4.69) is 41.2 Å². The van der Waals surface area contributed by atoms with Crippen LogP contribution in [0.5, 0.6) is 5.75 Å². The summed E-state index contributed by atoms with van der Waals surface area (Å²) in [7, 11) is 0. The first-order valence-electron chi connectivity index (χ1n) is 8.28. The molecule has 1 aromatic rings. The van der Waals surface area contributed by atoms with Gasteiger partial charge in [0, 0.05) is 6.04 Å². The van der Waals surface area contributed by atoms with Gasteiger partial charge in [0.1, 0.15) is 5.75 Å². The summed E-state index contributed by atoms with van der Waals surface area (Å²) >= 11 is 3.52. The number of rotatable bonds is 5. The quantitative estimate of drug-likeness (QED) is 0.759. The van der Waals surface area contributed by atoms with E-state index in [9.17, 15) is 4.79 Å². The molecule has 1 aromatic carbocycles. The van der Waals surface area contributed by atoms with Gasteiger partial charge in [-0.1, -0.05) is 45.6 Å². The third-order valence-corrected chi connectivity index (χ3v) is 4.82. The Morgan fingerprint density at radius 2 is 1.95 bits per heavy atom. The molecule has 0 atom stereocenters. The molecule has 1 aliphatic rings. The first kappa shape index (κ1) is 17.3. The zero-order valence-electron chi connectivity index (χ0n) is 13.5. The van der Waals surface area contributed by atoms with E-state index in [0.29, 0.717) is 12.0 Å². The van der Waals surface area contributed by atoms with Crippen LogP contribution in [0.1, 0.15) is 63.9 Å². The first-order chi connectivity index (χ1) is 10.6. The summed E-state index contributed by atoms with van der Waals surface area (Å²) in [6.45, 7) is 4.39. The lowest BCUT2D eigenvalue weighted by Crippen LogP contribution is -2.37. The number of hydrogen-bond donors (Lipinski definition) is 1. The molecule has 1 saturated carbocycles. The Morgan fingerprint density at radius 3 is 2.55 bits per heavy atom. The van der Waals surface area contributed by atoms with Crippen LogP contribution in [-0.4, -0.2) is 18.6 Å². The fourth-order valence-corrected chi connectivity index (χ4v) is 3.34. The molecule has 0 saturated heterocycles. The number of carbonyl (C=O) groups excluding carboxylic acids is 1. The number of nitrogens with one attached hydrogen (secondary N) is 1. The maximum absolute atomic E-state index is 12.0. The molecule has 0 bridgehead atoms. The minimum absolute atomic E-state index is 0.0215. The van der Waals surface area contributed by atoms with Gasteiger partial charge in [-0.3, -0.25) is 4.79 Å². The molecule has 122 valence electrons. The van der Waals surface area contributed by atoms with Crippen LogP contribution in [0.2, 0.25) is 0 Å².